The van der Waals surface area contributed by atoms with Gasteiger partial charge in [-0.3, -0.25) is 0 Å². The number of rotatable bonds is 3. The zero-order valence-electron chi connectivity index (χ0n) is 10.6. The van der Waals surface area contributed by atoms with Crippen LogP contribution in [0.5, 0.6) is 0 Å². The molecule has 82 valence electrons. The van der Waals surface area contributed by atoms with Gasteiger partial charge in [-0.25, -0.2) is 0 Å². The van der Waals surface area contributed by atoms with Gasteiger partial charge in [0.2, 0.25) is 0 Å². The van der Waals surface area contributed by atoms with Crippen molar-refractivity contribution in [2.45, 2.75) is 25.4 Å². The number of nitrogens with zero attached hydrogens (tertiary/aromatic N) is 2. The number of benzene rings is 1. The molecule has 2 rings (SSSR count). The smallest absolute Gasteiger partial charge is 0.652 e. The van der Waals surface area contributed by atoms with Gasteiger partial charge in [-0.05, 0) is 20.1 Å². The van der Waals surface area contributed by atoms with Crippen molar-refractivity contribution in [3.05, 3.63) is 41.2 Å². The maximum atomic E-state index is 4.85. The van der Waals surface area contributed by atoms with Gasteiger partial charge in [0.15, 0.2) is 0 Å². The summed E-state index contributed by atoms with van der Waals surface area (Å²) in [7, 11) is 2.17. The first-order chi connectivity index (χ1) is 7.25. The molecule has 1 aliphatic rings. The first-order valence-corrected chi connectivity index (χ1v) is 5.69. The molecule has 0 N–H and O–H groups in total. The van der Waals surface area contributed by atoms with Crippen molar-refractivity contribution in [3.63, 3.8) is 0 Å². The molecule has 0 saturated carbocycles. The van der Waals surface area contributed by atoms with Crippen LogP contribution in [0.1, 0.15) is 24.9 Å². The van der Waals surface area contributed by atoms with Crippen LogP contribution in [0.4, 0.5) is 0 Å². The molecule has 0 spiro atoms. The van der Waals surface area contributed by atoms with Crippen molar-refractivity contribution in [2.24, 2.45) is 0 Å². The molecule has 1 aliphatic heterocycles. The molecule has 0 bridgehead atoms. The summed E-state index contributed by atoms with van der Waals surface area (Å²) < 4.78 is 0. The SMILES string of the molecule is C[C@H]([N-]C1CCN(C)C1)c1ccccc1.[Li+]. The van der Waals surface area contributed by atoms with Crippen LogP contribution in [0.25, 0.3) is 5.32 Å². The van der Waals surface area contributed by atoms with E-state index in [9.17, 15) is 0 Å². The Morgan fingerprint density at radius 1 is 1.31 bits per heavy atom. The Bertz CT molecular complexity index is 302. The summed E-state index contributed by atoms with van der Waals surface area (Å²) in [5, 5.41) is 4.85. The molecule has 16 heavy (non-hydrogen) atoms. The number of hydrogen-bond acceptors (Lipinski definition) is 1. The van der Waals surface area contributed by atoms with E-state index in [0.717, 1.165) is 6.54 Å². The summed E-state index contributed by atoms with van der Waals surface area (Å²) in [4.78, 5) is 2.35. The minimum absolute atomic E-state index is 0. The number of likely N-dealkylation sites (N-methyl/N-ethyl adjacent to an activating group) is 1. The summed E-state index contributed by atoms with van der Waals surface area (Å²) in [6.45, 7) is 4.50. The molecule has 2 atom stereocenters. The minimum atomic E-state index is 0. The van der Waals surface area contributed by atoms with Crippen LogP contribution in [0, 0.1) is 0 Å². The fourth-order valence-corrected chi connectivity index (χ4v) is 2.17. The van der Waals surface area contributed by atoms with E-state index < -0.39 is 0 Å². The second-order valence-corrected chi connectivity index (χ2v) is 4.44. The summed E-state index contributed by atoms with van der Waals surface area (Å²) >= 11 is 0. The molecule has 1 aromatic rings. The zero-order chi connectivity index (χ0) is 10.7. The van der Waals surface area contributed by atoms with Gasteiger partial charge >= 0.3 is 18.9 Å². The van der Waals surface area contributed by atoms with Crippen LogP contribution in [0.2, 0.25) is 0 Å². The van der Waals surface area contributed by atoms with Crippen molar-refractivity contribution < 1.29 is 18.9 Å². The first kappa shape index (κ1) is 13.8. The molecule has 3 heteroatoms. The van der Waals surface area contributed by atoms with Crippen LogP contribution in [0.3, 0.4) is 0 Å². The van der Waals surface area contributed by atoms with E-state index in [0.29, 0.717) is 12.1 Å². The molecular weight excluding hydrogens is 191 g/mol. The second-order valence-electron chi connectivity index (χ2n) is 4.44. The molecule has 1 fully saturated rings. The van der Waals surface area contributed by atoms with Crippen molar-refractivity contribution in [3.8, 4) is 0 Å². The van der Waals surface area contributed by atoms with Gasteiger partial charge in [0.1, 0.15) is 0 Å². The van der Waals surface area contributed by atoms with Gasteiger partial charge in [0.05, 0.1) is 0 Å². The number of hydrogen-bond donors (Lipinski definition) is 0. The zero-order valence-corrected chi connectivity index (χ0v) is 10.6. The van der Waals surface area contributed by atoms with Crippen molar-refractivity contribution >= 4 is 0 Å². The van der Waals surface area contributed by atoms with Crippen molar-refractivity contribution in [1.29, 1.82) is 0 Å². The first-order valence-electron chi connectivity index (χ1n) is 5.69. The Morgan fingerprint density at radius 3 is 2.56 bits per heavy atom. The standard InChI is InChI=1S/C13H19N2.Li/c1-11(12-6-4-3-5-7-12)14-13-8-9-15(2)10-13;/h3-7,11,13H,8-10H2,1-2H3;/q-1;+1/t11-,13?;/m0./s1. The molecule has 0 radical (unpaired) electrons. The van der Waals surface area contributed by atoms with Gasteiger partial charge in [-0.1, -0.05) is 49.2 Å². The minimum Gasteiger partial charge on any atom is -0.652 e. The second kappa shape index (κ2) is 6.47. The predicted molar refractivity (Wildman–Crippen MR) is 64.1 cm³/mol. The molecule has 1 unspecified atom stereocenters. The summed E-state index contributed by atoms with van der Waals surface area (Å²) in [5.41, 5.74) is 1.33. The quantitative estimate of drug-likeness (QED) is 0.633. The summed E-state index contributed by atoms with van der Waals surface area (Å²) in [6, 6.07) is 11.4. The fraction of sp³-hybridized carbons (Fsp3) is 0.538. The van der Waals surface area contributed by atoms with Gasteiger partial charge in [-0.15, -0.1) is 12.1 Å². The largest absolute Gasteiger partial charge is 1.00 e. The van der Waals surface area contributed by atoms with Crippen LogP contribution in [-0.4, -0.2) is 31.1 Å². The topological polar surface area (TPSA) is 17.3 Å². The third kappa shape index (κ3) is 3.64. The van der Waals surface area contributed by atoms with Crippen LogP contribution in [-0.2, 0) is 0 Å². The molecule has 1 saturated heterocycles. The van der Waals surface area contributed by atoms with Gasteiger partial charge in [-0.2, -0.15) is 0 Å². The van der Waals surface area contributed by atoms with Gasteiger partial charge < -0.3 is 10.2 Å². The molecule has 2 nitrogen and oxygen atoms in total. The Balaban J connectivity index is 0.00000128. The monoisotopic (exact) mass is 210 g/mol. The van der Waals surface area contributed by atoms with E-state index >= 15 is 0 Å². The molecule has 1 heterocycles. The average Bonchev–Trinajstić information content (AvgIpc) is 2.65. The molecule has 1 aromatic carbocycles. The van der Waals surface area contributed by atoms with Crippen molar-refractivity contribution in [1.82, 2.24) is 4.90 Å². The normalized spacial score (nSPS) is 22.8. The van der Waals surface area contributed by atoms with E-state index in [2.05, 4.69) is 49.2 Å². The maximum Gasteiger partial charge on any atom is 1.00 e. The van der Waals surface area contributed by atoms with E-state index in [1.165, 1.54) is 18.5 Å². The van der Waals surface area contributed by atoms with Gasteiger partial charge in [0, 0.05) is 0 Å². The van der Waals surface area contributed by atoms with Crippen LogP contribution < -0.4 is 18.9 Å². The van der Waals surface area contributed by atoms with Crippen molar-refractivity contribution in [2.75, 3.05) is 20.1 Å². The Hall–Kier alpha value is -0.263. The van der Waals surface area contributed by atoms with Gasteiger partial charge in [0.25, 0.3) is 0 Å². The Morgan fingerprint density at radius 2 is 2.00 bits per heavy atom. The molecular formula is C13H19LiN2. The molecule has 0 amide bonds. The Kier molecular flexibility index (Phi) is 5.58. The van der Waals surface area contributed by atoms with E-state index in [-0.39, 0.29) is 18.9 Å². The third-order valence-electron chi connectivity index (χ3n) is 3.08. The predicted octanol–water partition coefficient (Wildman–Crippen LogP) is -0.171. The average molecular weight is 210 g/mol. The fourth-order valence-electron chi connectivity index (χ4n) is 2.17. The maximum absolute atomic E-state index is 4.85. The number of likely N-dealkylation sites (tertiary alicyclic amines) is 1. The van der Waals surface area contributed by atoms with E-state index in [4.69, 9.17) is 5.32 Å². The Labute approximate surface area is 111 Å². The summed E-state index contributed by atoms with van der Waals surface area (Å²) in [5.74, 6) is 0. The van der Waals surface area contributed by atoms with Crippen LogP contribution >= 0.6 is 0 Å². The third-order valence-corrected chi connectivity index (χ3v) is 3.08. The van der Waals surface area contributed by atoms with Crippen LogP contribution in [0.15, 0.2) is 30.3 Å². The molecule has 0 aromatic heterocycles. The van der Waals surface area contributed by atoms with E-state index in [1.54, 1.807) is 0 Å². The molecule has 0 aliphatic carbocycles. The summed E-state index contributed by atoms with van der Waals surface area (Å²) in [6.07, 6.45) is 1.22. The van der Waals surface area contributed by atoms with E-state index in [1.807, 2.05) is 0 Å².